The molecular formula is C19H22BrClFNO2. The van der Waals surface area contributed by atoms with Gasteiger partial charge < -0.3 is 14.8 Å². The Bertz CT molecular complexity index is 663. The Morgan fingerprint density at radius 1 is 1.20 bits per heavy atom. The van der Waals surface area contributed by atoms with Crippen LogP contribution in [-0.4, -0.2) is 19.3 Å². The molecule has 0 saturated carbocycles. The van der Waals surface area contributed by atoms with Crippen molar-refractivity contribution in [3.05, 3.63) is 63.9 Å². The van der Waals surface area contributed by atoms with Gasteiger partial charge in [-0.2, -0.15) is 0 Å². The molecule has 0 spiro atoms. The van der Waals surface area contributed by atoms with Gasteiger partial charge in [0.2, 0.25) is 0 Å². The van der Waals surface area contributed by atoms with Crippen LogP contribution >= 0.6 is 28.3 Å². The molecule has 1 N–H and O–H groups in total. The van der Waals surface area contributed by atoms with Crippen LogP contribution in [0.5, 0.6) is 5.75 Å². The van der Waals surface area contributed by atoms with Crippen LogP contribution in [0.15, 0.2) is 46.9 Å². The van der Waals surface area contributed by atoms with Gasteiger partial charge in [-0.15, -0.1) is 12.4 Å². The molecule has 25 heavy (non-hydrogen) atoms. The molecule has 0 aliphatic carbocycles. The van der Waals surface area contributed by atoms with Crippen molar-refractivity contribution in [3.8, 4) is 5.75 Å². The molecule has 1 saturated heterocycles. The number of benzene rings is 2. The van der Waals surface area contributed by atoms with Crippen LogP contribution in [0.2, 0.25) is 0 Å². The summed E-state index contributed by atoms with van der Waals surface area (Å²) in [6, 6.07) is 12.4. The van der Waals surface area contributed by atoms with Crippen LogP contribution in [0.25, 0.3) is 0 Å². The van der Waals surface area contributed by atoms with Gasteiger partial charge in [-0.05, 0) is 48.7 Å². The van der Waals surface area contributed by atoms with E-state index >= 15 is 0 Å². The maximum atomic E-state index is 13.0. The van der Waals surface area contributed by atoms with Crippen molar-refractivity contribution in [1.82, 2.24) is 5.32 Å². The van der Waals surface area contributed by atoms with E-state index in [1.54, 1.807) is 12.1 Å². The van der Waals surface area contributed by atoms with Crippen LogP contribution in [-0.2, 0) is 17.9 Å². The maximum Gasteiger partial charge on any atom is 0.124 e. The molecule has 1 fully saturated rings. The lowest BCUT2D eigenvalue weighted by Crippen LogP contribution is -2.26. The molecule has 1 unspecified atom stereocenters. The minimum Gasteiger partial charge on any atom is -0.489 e. The second kappa shape index (κ2) is 10.1. The molecule has 3 rings (SSSR count). The lowest BCUT2D eigenvalue weighted by Gasteiger charge is -2.15. The monoisotopic (exact) mass is 429 g/mol. The molecule has 136 valence electrons. The highest BCUT2D eigenvalue weighted by Gasteiger charge is 2.15. The summed E-state index contributed by atoms with van der Waals surface area (Å²) < 4.78 is 25.5. The smallest absolute Gasteiger partial charge is 0.124 e. The summed E-state index contributed by atoms with van der Waals surface area (Å²) in [5.41, 5.74) is 2.03. The molecule has 0 amide bonds. The Hall–Kier alpha value is -1.14. The first-order valence-electron chi connectivity index (χ1n) is 8.19. The molecule has 2 aromatic carbocycles. The van der Waals surface area contributed by atoms with Crippen LogP contribution in [0.1, 0.15) is 24.0 Å². The molecule has 0 bridgehead atoms. The Morgan fingerprint density at radius 2 is 2.00 bits per heavy atom. The summed E-state index contributed by atoms with van der Waals surface area (Å²) in [6.45, 7) is 2.86. The number of halogens is 3. The second-order valence-electron chi connectivity index (χ2n) is 5.93. The molecule has 3 nitrogen and oxygen atoms in total. The summed E-state index contributed by atoms with van der Waals surface area (Å²) in [5.74, 6) is 0.601. The molecule has 6 heteroatoms. The third-order valence-corrected chi connectivity index (χ3v) is 4.53. The van der Waals surface area contributed by atoms with Crippen LogP contribution in [0.3, 0.4) is 0 Å². The Labute approximate surface area is 162 Å². The Kier molecular flexibility index (Phi) is 8.16. The minimum atomic E-state index is -0.235. The van der Waals surface area contributed by atoms with Crippen molar-refractivity contribution in [2.45, 2.75) is 32.1 Å². The van der Waals surface area contributed by atoms with Gasteiger partial charge in [-0.1, -0.05) is 28.1 Å². The van der Waals surface area contributed by atoms with Crippen molar-refractivity contribution >= 4 is 28.3 Å². The third-order valence-electron chi connectivity index (χ3n) is 4.04. The number of rotatable bonds is 7. The van der Waals surface area contributed by atoms with Gasteiger partial charge in [0.05, 0.1) is 6.10 Å². The molecule has 1 atom stereocenters. The van der Waals surface area contributed by atoms with E-state index in [1.807, 2.05) is 12.1 Å². The zero-order chi connectivity index (χ0) is 16.8. The topological polar surface area (TPSA) is 30.5 Å². The summed E-state index contributed by atoms with van der Waals surface area (Å²) in [4.78, 5) is 0. The SMILES string of the molecule is Cl.Fc1ccc(COc2ccc(Br)cc2CNCC2CCCO2)cc1. The lowest BCUT2D eigenvalue weighted by atomic mass is 10.2. The molecule has 2 aromatic rings. The fourth-order valence-corrected chi connectivity index (χ4v) is 3.15. The molecule has 0 radical (unpaired) electrons. The standard InChI is InChI=1S/C19H21BrFNO2.ClH/c20-16-5-8-19(24-13-14-3-6-17(21)7-4-14)15(10-16)11-22-12-18-2-1-9-23-18;/h3-8,10,18,22H,1-2,9,11-13H2;1H. The first kappa shape index (κ1) is 20.2. The minimum absolute atomic E-state index is 0. The van der Waals surface area contributed by atoms with Crippen molar-refractivity contribution in [2.24, 2.45) is 0 Å². The molecule has 0 aromatic heterocycles. The highest BCUT2D eigenvalue weighted by molar-refractivity contribution is 9.10. The van der Waals surface area contributed by atoms with Crippen molar-refractivity contribution in [3.63, 3.8) is 0 Å². The number of nitrogens with one attached hydrogen (secondary N) is 1. The quantitative estimate of drug-likeness (QED) is 0.680. The van der Waals surface area contributed by atoms with E-state index < -0.39 is 0 Å². The lowest BCUT2D eigenvalue weighted by molar-refractivity contribution is 0.110. The normalized spacial score (nSPS) is 16.5. The summed E-state index contributed by atoms with van der Waals surface area (Å²) >= 11 is 3.51. The van der Waals surface area contributed by atoms with E-state index in [0.717, 1.165) is 53.9 Å². The molecular weight excluding hydrogens is 409 g/mol. The number of hydrogen-bond acceptors (Lipinski definition) is 3. The zero-order valence-corrected chi connectivity index (χ0v) is 16.2. The summed E-state index contributed by atoms with van der Waals surface area (Å²) in [7, 11) is 0. The predicted octanol–water partition coefficient (Wildman–Crippen LogP) is 4.86. The van der Waals surface area contributed by atoms with Crippen molar-refractivity contribution < 1.29 is 13.9 Å². The number of ether oxygens (including phenoxy) is 2. The first-order chi connectivity index (χ1) is 11.7. The van der Waals surface area contributed by atoms with Gasteiger partial charge in [0, 0.05) is 29.7 Å². The third kappa shape index (κ3) is 6.26. The van der Waals surface area contributed by atoms with Crippen LogP contribution < -0.4 is 10.1 Å². The van der Waals surface area contributed by atoms with Gasteiger partial charge in [-0.3, -0.25) is 0 Å². The fourth-order valence-electron chi connectivity index (χ4n) is 2.74. The van der Waals surface area contributed by atoms with E-state index in [4.69, 9.17) is 9.47 Å². The van der Waals surface area contributed by atoms with Crippen LogP contribution in [0.4, 0.5) is 4.39 Å². The van der Waals surface area contributed by atoms with E-state index in [9.17, 15) is 4.39 Å². The van der Waals surface area contributed by atoms with E-state index in [0.29, 0.717) is 12.7 Å². The summed E-state index contributed by atoms with van der Waals surface area (Å²) in [5, 5.41) is 3.44. The van der Waals surface area contributed by atoms with Gasteiger partial charge in [-0.25, -0.2) is 4.39 Å². The summed E-state index contributed by atoms with van der Waals surface area (Å²) in [6.07, 6.45) is 2.59. The van der Waals surface area contributed by atoms with Gasteiger partial charge >= 0.3 is 0 Å². The zero-order valence-electron chi connectivity index (χ0n) is 13.8. The fraction of sp³-hybridized carbons (Fsp3) is 0.368. The van der Waals surface area contributed by atoms with Crippen molar-refractivity contribution in [2.75, 3.05) is 13.2 Å². The molecule has 1 aliphatic rings. The predicted molar refractivity (Wildman–Crippen MR) is 103 cm³/mol. The van der Waals surface area contributed by atoms with Gasteiger partial charge in [0.1, 0.15) is 18.2 Å². The highest BCUT2D eigenvalue weighted by atomic mass is 79.9. The maximum absolute atomic E-state index is 13.0. The number of hydrogen-bond donors (Lipinski definition) is 1. The first-order valence-corrected chi connectivity index (χ1v) is 8.98. The van der Waals surface area contributed by atoms with Crippen molar-refractivity contribution in [1.29, 1.82) is 0 Å². The van der Waals surface area contributed by atoms with Crippen LogP contribution in [0, 0.1) is 5.82 Å². The molecule has 1 heterocycles. The van der Waals surface area contributed by atoms with E-state index in [2.05, 4.69) is 27.3 Å². The van der Waals surface area contributed by atoms with E-state index in [1.165, 1.54) is 12.1 Å². The largest absolute Gasteiger partial charge is 0.489 e. The molecule has 1 aliphatic heterocycles. The average Bonchev–Trinajstić information content (AvgIpc) is 3.09. The van der Waals surface area contributed by atoms with Gasteiger partial charge in [0.25, 0.3) is 0 Å². The average molecular weight is 431 g/mol. The van der Waals surface area contributed by atoms with E-state index in [-0.39, 0.29) is 18.2 Å². The Morgan fingerprint density at radius 3 is 2.72 bits per heavy atom. The Balaban J connectivity index is 0.00000225. The second-order valence-corrected chi connectivity index (χ2v) is 6.85. The highest BCUT2D eigenvalue weighted by Crippen LogP contribution is 2.24. The van der Waals surface area contributed by atoms with Gasteiger partial charge in [0.15, 0.2) is 0 Å².